The number of hydrogen-bond donors (Lipinski definition) is 2. The molecular formula is C14H20N4O3. The maximum absolute atomic E-state index is 11.8. The Morgan fingerprint density at radius 2 is 2.14 bits per heavy atom. The van der Waals surface area contributed by atoms with Crippen molar-refractivity contribution >= 4 is 11.8 Å². The highest BCUT2D eigenvalue weighted by Crippen LogP contribution is 2.05. The zero-order valence-electron chi connectivity index (χ0n) is 12.1. The lowest BCUT2D eigenvalue weighted by atomic mass is 10.3. The third-order valence-electron chi connectivity index (χ3n) is 2.69. The molecule has 0 saturated heterocycles. The number of hydrogen-bond acceptors (Lipinski definition) is 5. The minimum atomic E-state index is -0.148. The lowest BCUT2D eigenvalue weighted by Gasteiger charge is -2.19. The van der Waals surface area contributed by atoms with E-state index < -0.39 is 0 Å². The average molecular weight is 292 g/mol. The van der Waals surface area contributed by atoms with Gasteiger partial charge in [-0.1, -0.05) is 0 Å². The van der Waals surface area contributed by atoms with Crippen LogP contribution in [0.3, 0.4) is 0 Å². The van der Waals surface area contributed by atoms with E-state index in [9.17, 15) is 9.59 Å². The van der Waals surface area contributed by atoms with Gasteiger partial charge >= 0.3 is 0 Å². The van der Waals surface area contributed by atoms with Crippen LogP contribution >= 0.6 is 0 Å². The molecule has 0 aliphatic carbocycles. The molecule has 1 rings (SSSR count). The first kappa shape index (κ1) is 16.7. The summed E-state index contributed by atoms with van der Waals surface area (Å²) in [5.74, 6) is 0.474. The predicted molar refractivity (Wildman–Crippen MR) is 75.9 cm³/mol. The summed E-state index contributed by atoms with van der Waals surface area (Å²) >= 11 is 0. The van der Waals surface area contributed by atoms with Gasteiger partial charge in [-0.05, 0) is 12.1 Å². The molecule has 7 nitrogen and oxygen atoms in total. The lowest BCUT2D eigenvalue weighted by Crippen LogP contribution is -2.40. The molecule has 2 N–H and O–H groups in total. The van der Waals surface area contributed by atoms with Gasteiger partial charge in [0.25, 0.3) is 0 Å². The largest absolute Gasteiger partial charge is 0.468 e. The minimum Gasteiger partial charge on any atom is -0.468 e. The zero-order valence-corrected chi connectivity index (χ0v) is 12.1. The molecule has 0 atom stereocenters. The Morgan fingerprint density at radius 1 is 1.38 bits per heavy atom. The second kappa shape index (κ2) is 9.55. The second-order valence-corrected chi connectivity index (χ2v) is 4.53. The number of rotatable bonds is 9. The molecule has 0 fully saturated rings. The highest BCUT2D eigenvalue weighted by atomic mass is 16.3. The van der Waals surface area contributed by atoms with Crippen molar-refractivity contribution in [2.75, 3.05) is 26.2 Å². The van der Waals surface area contributed by atoms with E-state index in [1.807, 2.05) is 11.0 Å². The molecule has 0 unspecified atom stereocenters. The Morgan fingerprint density at radius 3 is 2.76 bits per heavy atom. The van der Waals surface area contributed by atoms with Crippen molar-refractivity contribution in [1.29, 1.82) is 5.26 Å². The van der Waals surface area contributed by atoms with Gasteiger partial charge in [-0.25, -0.2) is 0 Å². The monoisotopic (exact) mass is 292 g/mol. The van der Waals surface area contributed by atoms with Crippen LogP contribution in [-0.4, -0.2) is 42.9 Å². The fourth-order valence-electron chi connectivity index (χ4n) is 1.74. The average Bonchev–Trinajstić information content (AvgIpc) is 2.93. The van der Waals surface area contributed by atoms with Crippen LogP contribution < -0.4 is 10.6 Å². The van der Waals surface area contributed by atoms with Gasteiger partial charge in [-0.2, -0.15) is 5.26 Å². The molecule has 0 aliphatic rings. The smallest absolute Gasteiger partial charge is 0.234 e. The summed E-state index contributed by atoms with van der Waals surface area (Å²) in [5.41, 5.74) is 0. The van der Waals surface area contributed by atoms with E-state index in [0.29, 0.717) is 32.6 Å². The van der Waals surface area contributed by atoms with Gasteiger partial charge < -0.3 is 15.1 Å². The fraction of sp³-hybridized carbons (Fsp3) is 0.500. The summed E-state index contributed by atoms with van der Waals surface area (Å²) in [7, 11) is 0. The van der Waals surface area contributed by atoms with E-state index in [-0.39, 0.29) is 18.4 Å². The number of carbonyl (C=O) groups excluding carboxylic acids is 2. The van der Waals surface area contributed by atoms with Crippen LogP contribution in [0.5, 0.6) is 0 Å². The normalized spacial score (nSPS) is 10.1. The SMILES string of the molecule is CC(=O)NCCNC(=O)CN(CCC#N)Cc1ccco1. The van der Waals surface area contributed by atoms with E-state index in [1.54, 1.807) is 12.3 Å². The predicted octanol–water partition coefficient (Wildman–Crippen LogP) is 0.248. The van der Waals surface area contributed by atoms with Gasteiger partial charge in [-0.15, -0.1) is 0 Å². The first-order valence-corrected chi connectivity index (χ1v) is 6.74. The van der Waals surface area contributed by atoms with E-state index in [1.165, 1.54) is 6.92 Å². The maximum atomic E-state index is 11.8. The molecular weight excluding hydrogens is 272 g/mol. The first-order chi connectivity index (χ1) is 10.1. The summed E-state index contributed by atoms with van der Waals surface area (Å²) < 4.78 is 5.25. The third kappa shape index (κ3) is 7.74. The number of nitrogens with one attached hydrogen (secondary N) is 2. The van der Waals surface area contributed by atoms with E-state index in [2.05, 4.69) is 16.7 Å². The van der Waals surface area contributed by atoms with Crippen molar-refractivity contribution in [3.8, 4) is 6.07 Å². The number of carbonyl (C=O) groups is 2. The number of furan rings is 1. The third-order valence-corrected chi connectivity index (χ3v) is 2.69. The first-order valence-electron chi connectivity index (χ1n) is 6.74. The fourth-order valence-corrected chi connectivity index (χ4v) is 1.74. The molecule has 0 aromatic carbocycles. The topological polar surface area (TPSA) is 98.4 Å². The molecule has 1 aromatic heterocycles. The standard InChI is InChI=1S/C14H20N4O3/c1-12(19)16-6-7-17-14(20)11-18(8-3-5-15)10-13-4-2-9-21-13/h2,4,9H,3,6-8,10-11H2,1H3,(H,16,19)(H,17,20). The molecule has 21 heavy (non-hydrogen) atoms. The van der Waals surface area contributed by atoms with Crippen LogP contribution in [0, 0.1) is 11.3 Å². The van der Waals surface area contributed by atoms with Crippen molar-refractivity contribution in [3.05, 3.63) is 24.2 Å². The summed E-state index contributed by atoms with van der Waals surface area (Å²) in [6, 6.07) is 5.67. The number of nitriles is 1. The van der Waals surface area contributed by atoms with Crippen LogP contribution in [-0.2, 0) is 16.1 Å². The minimum absolute atomic E-state index is 0.127. The van der Waals surface area contributed by atoms with Crippen LogP contribution in [0.1, 0.15) is 19.1 Å². The van der Waals surface area contributed by atoms with Gasteiger partial charge in [0.15, 0.2) is 0 Å². The molecule has 114 valence electrons. The van der Waals surface area contributed by atoms with Crippen molar-refractivity contribution < 1.29 is 14.0 Å². The molecule has 0 bridgehead atoms. The highest BCUT2D eigenvalue weighted by Gasteiger charge is 2.12. The van der Waals surface area contributed by atoms with Crippen LogP contribution in [0.2, 0.25) is 0 Å². The highest BCUT2D eigenvalue weighted by molar-refractivity contribution is 5.78. The van der Waals surface area contributed by atoms with Crippen molar-refractivity contribution in [2.24, 2.45) is 0 Å². The molecule has 0 aliphatic heterocycles. The lowest BCUT2D eigenvalue weighted by molar-refractivity contribution is -0.123. The molecule has 2 amide bonds. The summed E-state index contributed by atoms with van der Waals surface area (Å²) in [6.45, 7) is 3.37. The molecule has 1 aromatic rings. The van der Waals surface area contributed by atoms with Gasteiger partial charge in [-0.3, -0.25) is 14.5 Å². The Bertz CT molecular complexity index is 479. The summed E-state index contributed by atoms with van der Waals surface area (Å²) in [4.78, 5) is 24.3. The second-order valence-electron chi connectivity index (χ2n) is 4.53. The Labute approximate surface area is 123 Å². The molecule has 7 heteroatoms. The van der Waals surface area contributed by atoms with E-state index >= 15 is 0 Å². The van der Waals surface area contributed by atoms with Crippen molar-refractivity contribution in [1.82, 2.24) is 15.5 Å². The van der Waals surface area contributed by atoms with Crippen molar-refractivity contribution in [3.63, 3.8) is 0 Å². The Balaban J connectivity index is 2.35. The van der Waals surface area contributed by atoms with Crippen LogP contribution in [0.4, 0.5) is 0 Å². The Hall–Kier alpha value is -2.33. The Kier molecular flexibility index (Phi) is 7.61. The van der Waals surface area contributed by atoms with E-state index in [4.69, 9.17) is 9.68 Å². The summed E-state index contributed by atoms with van der Waals surface area (Å²) in [6.07, 6.45) is 1.92. The molecule has 1 heterocycles. The number of nitrogens with zero attached hydrogens (tertiary/aromatic N) is 2. The summed E-state index contributed by atoms with van der Waals surface area (Å²) in [5, 5.41) is 14.0. The van der Waals surface area contributed by atoms with Crippen molar-refractivity contribution in [2.45, 2.75) is 19.9 Å². The zero-order chi connectivity index (χ0) is 15.5. The van der Waals surface area contributed by atoms with Crippen LogP contribution in [0.25, 0.3) is 0 Å². The maximum Gasteiger partial charge on any atom is 0.234 e. The van der Waals surface area contributed by atoms with Gasteiger partial charge in [0.2, 0.25) is 11.8 Å². The van der Waals surface area contributed by atoms with Gasteiger partial charge in [0.05, 0.1) is 25.4 Å². The molecule has 0 spiro atoms. The molecule has 0 saturated carbocycles. The van der Waals surface area contributed by atoms with Crippen LogP contribution in [0.15, 0.2) is 22.8 Å². The van der Waals surface area contributed by atoms with Gasteiger partial charge in [0, 0.05) is 33.0 Å². The quantitative estimate of drug-likeness (QED) is 0.636. The molecule has 0 radical (unpaired) electrons. The van der Waals surface area contributed by atoms with Gasteiger partial charge in [0.1, 0.15) is 5.76 Å². The van der Waals surface area contributed by atoms with E-state index in [0.717, 1.165) is 5.76 Å². The number of amides is 2.